The zero-order valence-electron chi connectivity index (χ0n) is 19.6. The molecule has 0 amide bonds. The van der Waals surface area contributed by atoms with Crippen molar-refractivity contribution in [3.05, 3.63) is 73.3 Å². The van der Waals surface area contributed by atoms with Crippen LogP contribution in [0, 0.1) is 5.92 Å². The Bertz CT molecular complexity index is 790. The largest absolute Gasteiger partial charge is 0.459 e. The molecule has 0 aromatic heterocycles. The van der Waals surface area contributed by atoms with Crippen molar-refractivity contribution < 1.29 is 18.7 Å². The third kappa shape index (κ3) is 5.73. The number of carbonyl (C=O) groups is 1. The smallest absolute Gasteiger partial charge is 0.303 e. The standard InChI is InChI=1S/C26H36O4Si/c1-8-24(28-7)25(30-21(3)27)20(2)19-29-31(26(4,5)6,22-15-11-9-12-16-22)23-17-13-10-14-18-23/h8-18,20,24-25H,1,19H2,2-7H3/t20-,24-,25+/m0/s1. The second-order valence-electron chi connectivity index (χ2n) is 8.96. The molecule has 0 heterocycles. The molecule has 0 bridgehead atoms. The van der Waals surface area contributed by atoms with Gasteiger partial charge >= 0.3 is 5.97 Å². The molecule has 0 spiro atoms. The zero-order valence-corrected chi connectivity index (χ0v) is 20.6. The lowest BCUT2D eigenvalue weighted by molar-refractivity contribution is -0.156. The second-order valence-corrected chi connectivity index (χ2v) is 13.3. The summed E-state index contributed by atoms with van der Waals surface area (Å²) in [5.74, 6) is -0.431. The summed E-state index contributed by atoms with van der Waals surface area (Å²) in [7, 11) is -1.06. The summed E-state index contributed by atoms with van der Waals surface area (Å²) in [6.45, 7) is 14.4. The van der Waals surface area contributed by atoms with Gasteiger partial charge < -0.3 is 13.9 Å². The van der Waals surface area contributed by atoms with Gasteiger partial charge in [-0.15, -0.1) is 6.58 Å². The van der Waals surface area contributed by atoms with Gasteiger partial charge in [0, 0.05) is 26.6 Å². The van der Waals surface area contributed by atoms with Crippen molar-refractivity contribution in [3.63, 3.8) is 0 Å². The second kappa shape index (κ2) is 10.9. The van der Waals surface area contributed by atoms with Gasteiger partial charge in [0.2, 0.25) is 0 Å². The Labute approximate surface area is 188 Å². The molecule has 0 saturated heterocycles. The van der Waals surface area contributed by atoms with E-state index < -0.39 is 20.5 Å². The first-order valence-corrected chi connectivity index (χ1v) is 12.7. The Kier molecular flexibility index (Phi) is 8.80. The van der Waals surface area contributed by atoms with Crippen LogP contribution in [-0.2, 0) is 18.7 Å². The van der Waals surface area contributed by atoms with E-state index in [0.29, 0.717) is 6.61 Å². The van der Waals surface area contributed by atoms with Gasteiger partial charge in [0.15, 0.2) is 0 Å². The molecular weight excluding hydrogens is 404 g/mol. The maximum Gasteiger partial charge on any atom is 0.303 e. The minimum atomic E-state index is -2.66. The van der Waals surface area contributed by atoms with Crippen LogP contribution in [0.4, 0.5) is 0 Å². The number of hydrogen-bond acceptors (Lipinski definition) is 4. The lowest BCUT2D eigenvalue weighted by atomic mass is 10.0. The van der Waals surface area contributed by atoms with E-state index in [-0.39, 0.29) is 16.9 Å². The summed E-state index contributed by atoms with van der Waals surface area (Å²) in [6.07, 6.45) is 0.798. The lowest BCUT2D eigenvalue weighted by Gasteiger charge is -2.44. The van der Waals surface area contributed by atoms with Crippen LogP contribution in [0.2, 0.25) is 5.04 Å². The van der Waals surface area contributed by atoms with Gasteiger partial charge in [-0.3, -0.25) is 4.79 Å². The fraction of sp³-hybridized carbons (Fsp3) is 0.423. The monoisotopic (exact) mass is 440 g/mol. The summed E-state index contributed by atoms with van der Waals surface area (Å²) in [6, 6.07) is 21.0. The van der Waals surface area contributed by atoms with Gasteiger partial charge in [-0.05, 0) is 15.4 Å². The molecule has 0 radical (unpaired) electrons. The van der Waals surface area contributed by atoms with Crippen LogP contribution in [0.15, 0.2) is 73.3 Å². The first-order valence-electron chi connectivity index (χ1n) is 10.7. The van der Waals surface area contributed by atoms with Gasteiger partial charge in [0.1, 0.15) is 12.2 Å². The molecule has 0 aliphatic rings. The Morgan fingerprint density at radius 2 is 1.52 bits per heavy atom. The Morgan fingerprint density at radius 1 is 1.03 bits per heavy atom. The number of carbonyl (C=O) groups excluding carboxylic acids is 1. The van der Waals surface area contributed by atoms with Crippen molar-refractivity contribution in [1.29, 1.82) is 0 Å². The molecule has 168 valence electrons. The summed E-state index contributed by atoms with van der Waals surface area (Å²) in [5.41, 5.74) is 0. The number of esters is 1. The maximum absolute atomic E-state index is 11.8. The zero-order chi connectivity index (χ0) is 23.1. The predicted molar refractivity (Wildman–Crippen MR) is 129 cm³/mol. The number of methoxy groups -OCH3 is 1. The topological polar surface area (TPSA) is 44.8 Å². The van der Waals surface area contributed by atoms with Crippen LogP contribution in [0.25, 0.3) is 0 Å². The van der Waals surface area contributed by atoms with E-state index in [9.17, 15) is 4.79 Å². The van der Waals surface area contributed by atoms with Crippen molar-refractivity contribution in [1.82, 2.24) is 0 Å². The van der Waals surface area contributed by atoms with E-state index in [0.717, 1.165) is 0 Å². The molecule has 2 aromatic rings. The van der Waals surface area contributed by atoms with Gasteiger partial charge in [-0.2, -0.15) is 0 Å². The highest BCUT2D eigenvalue weighted by Gasteiger charge is 2.50. The molecule has 0 unspecified atom stereocenters. The average Bonchev–Trinajstić information content (AvgIpc) is 2.74. The number of rotatable bonds is 10. The van der Waals surface area contributed by atoms with Crippen LogP contribution in [0.5, 0.6) is 0 Å². The van der Waals surface area contributed by atoms with E-state index in [2.05, 4.69) is 75.9 Å². The molecule has 31 heavy (non-hydrogen) atoms. The summed E-state index contributed by atoms with van der Waals surface area (Å²) in [5, 5.41) is 2.32. The van der Waals surface area contributed by atoms with Crippen molar-refractivity contribution >= 4 is 24.7 Å². The Morgan fingerprint density at radius 3 is 1.87 bits per heavy atom. The predicted octanol–water partition coefficient (Wildman–Crippen LogP) is 4.33. The minimum absolute atomic E-state index is 0.0894. The molecule has 2 rings (SSSR count). The lowest BCUT2D eigenvalue weighted by Crippen LogP contribution is -2.67. The third-order valence-electron chi connectivity index (χ3n) is 5.67. The summed E-state index contributed by atoms with van der Waals surface area (Å²) in [4.78, 5) is 11.8. The molecule has 2 aromatic carbocycles. The Balaban J connectivity index is 2.48. The van der Waals surface area contributed by atoms with Gasteiger partial charge in [0.05, 0.1) is 0 Å². The quantitative estimate of drug-likeness (QED) is 0.313. The summed E-state index contributed by atoms with van der Waals surface area (Å²) < 4.78 is 18.1. The number of benzene rings is 2. The van der Waals surface area contributed by atoms with E-state index in [1.807, 2.05) is 19.1 Å². The highest BCUT2D eigenvalue weighted by atomic mass is 28.4. The molecule has 5 heteroatoms. The fourth-order valence-electron chi connectivity index (χ4n) is 4.18. The molecule has 0 fully saturated rings. The van der Waals surface area contributed by atoms with E-state index in [1.54, 1.807) is 13.2 Å². The molecular formula is C26H36O4Si. The van der Waals surface area contributed by atoms with Crippen LogP contribution in [0.3, 0.4) is 0 Å². The maximum atomic E-state index is 11.8. The fourth-order valence-corrected chi connectivity index (χ4v) is 8.84. The van der Waals surface area contributed by atoms with Gasteiger partial charge in [-0.25, -0.2) is 0 Å². The molecule has 0 saturated carbocycles. The normalized spacial score (nSPS) is 15.0. The van der Waals surface area contributed by atoms with E-state index >= 15 is 0 Å². The number of ether oxygens (including phenoxy) is 2. The van der Waals surface area contributed by atoms with Gasteiger partial charge in [0.25, 0.3) is 8.32 Å². The third-order valence-corrected chi connectivity index (χ3v) is 10.7. The van der Waals surface area contributed by atoms with Crippen LogP contribution in [0.1, 0.15) is 34.6 Å². The molecule has 3 atom stereocenters. The van der Waals surface area contributed by atoms with Crippen LogP contribution in [-0.4, -0.2) is 40.2 Å². The highest BCUT2D eigenvalue weighted by molar-refractivity contribution is 6.99. The average molecular weight is 441 g/mol. The summed E-state index contributed by atoms with van der Waals surface area (Å²) >= 11 is 0. The van der Waals surface area contributed by atoms with E-state index in [4.69, 9.17) is 13.9 Å². The van der Waals surface area contributed by atoms with Crippen molar-refractivity contribution in [3.8, 4) is 0 Å². The van der Waals surface area contributed by atoms with Crippen molar-refractivity contribution in [2.75, 3.05) is 13.7 Å². The van der Waals surface area contributed by atoms with Gasteiger partial charge in [-0.1, -0.05) is 94.4 Å². The molecule has 0 N–H and O–H groups in total. The van der Waals surface area contributed by atoms with Crippen molar-refractivity contribution in [2.24, 2.45) is 5.92 Å². The van der Waals surface area contributed by atoms with E-state index in [1.165, 1.54) is 17.3 Å². The first-order chi connectivity index (χ1) is 14.7. The SMILES string of the molecule is C=C[C@H](OC)[C@H](OC(C)=O)[C@@H](C)CO[Si](c1ccccc1)(c1ccccc1)C(C)(C)C. The van der Waals surface area contributed by atoms with Crippen LogP contribution < -0.4 is 10.4 Å². The number of hydrogen-bond donors (Lipinski definition) is 0. The Hall–Kier alpha value is -2.21. The van der Waals surface area contributed by atoms with Crippen molar-refractivity contribution in [2.45, 2.75) is 51.9 Å². The molecule has 0 aliphatic heterocycles. The first kappa shape index (κ1) is 25.1. The molecule has 4 nitrogen and oxygen atoms in total. The van der Waals surface area contributed by atoms with Crippen LogP contribution >= 0.6 is 0 Å². The highest BCUT2D eigenvalue weighted by Crippen LogP contribution is 2.37. The molecule has 0 aliphatic carbocycles. The minimum Gasteiger partial charge on any atom is -0.459 e.